The van der Waals surface area contributed by atoms with Gasteiger partial charge in [-0.1, -0.05) is 0 Å². The van der Waals surface area contributed by atoms with Gasteiger partial charge in [-0.15, -0.1) is 0 Å². The largest absolute Gasteiger partial charge is 0.306 e. The smallest absolute Gasteiger partial charge is 0.00355 e. The molecule has 1 heterocycles. The zero-order valence-electron chi connectivity index (χ0n) is 7.92. The molecule has 0 aromatic carbocycles. The summed E-state index contributed by atoms with van der Waals surface area (Å²) in [5.74, 6) is 2.02. The molecule has 0 radical (unpaired) electrons. The Morgan fingerprint density at radius 3 is 2.83 bits per heavy atom. The molecule has 0 unspecified atom stereocenters. The van der Waals surface area contributed by atoms with Crippen molar-refractivity contribution in [1.82, 2.24) is 4.90 Å². The van der Waals surface area contributed by atoms with Gasteiger partial charge in [0.1, 0.15) is 0 Å². The van der Waals surface area contributed by atoms with Crippen molar-refractivity contribution < 1.29 is 0 Å². The highest BCUT2D eigenvalue weighted by Gasteiger charge is 2.42. The van der Waals surface area contributed by atoms with Crippen LogP contribution >= 0.6 is 12.6 Å². The average molecular weight is 185 g/mol. The Labute approximate surface area is 80.9 Å². The highest BCUT2D eigenvalue weighted by atomic mass is 32.1. The Balaban J connectivity index is 1.97. The van der Waals surface area contributed by atoms with Crippen LogP contribution in [-0.2, 0) is 0 Å². The van der Waals surface area contributed by atoms with Gasteiger partial charge in [0.25, 0.3) is 0 Å². The van der Waals surface area contributed by atoms with E-state index < -0.39 is 0 Å². The fraction of sp³-hybridized carbons (Fsp3) is 1.00. The molecule has 0 amide bonds. The van der Waals surface area contributed by atoms with Crippen molar-refractivity contribution in [3.05, 3.63) is 0 Å². The molecule has 1 aliphatic heterocycles. The van der Waals surface area contributed by atoms with E-state index in [-0.39, 0.29) is 0 Å². The third-order valence-electron chi connectivity index (χ3n) is 3.69. The van der Waals surface area contributed by atoms with E-state index >= 15 is 0 Å². The minimum absolute atomic E-state index is 0.710. The van der Waals surface area contributed by atoms with E-state index in [4.69, 9.17) is 0 Å². The molecule has 0 aromatic heterocycles. The summed E-state index contributed by atoms with van der Waals surface area (Å²) in [4.78, 5) is 2.49. The quantitative estimate of drug-likeness (QED) is 0.612. The molecular formula is C10H19NS. The number of hydrogen-bond acceptors (Lipinski definition) is 2. The minimum atomic E-state index is 0.710. The first-order valence-electron chi connectivity index (χ1n) is 5.03. The number of nitrogens with zero attached hydrogens (tertiary/aromatic N) is 1. The van der Waals surface area contributed by atoms with Crippen molar-refractivity contribution in [2.75, 3.05) is 25.9 Å². The summed E-state index contributed by atoms with van der Waals surface area (Å²) in [5.41, 5.74) is 0.710. The van der Waals surface area contributed by atoms with E-state index in [0.29, 0.717) is 5.41 Å². The number of rotatable bonds is 1. The van der Waals surface area contributed by atoms with Gasteiger partial charge in [-0.05, 0) is 56.4 Å². The van der Waals surface area contributed by atoms with Crippen LogP contribution in [0.25, 0.3) is 0 Å². The molecule has 0 bridgehead atoms. The molecule has 1 nitrogen and oxygen atoms in total. The van der Waals surface area contributed by atoms with E-state index in [2.05, 4.69) is 24.6 Å². The highest BCUT2D eigenvalue weighted by Crippen LogP contribution is 2.47. The summed E-state index contributed by atoms with van der Waals surface area (Å²) in [6.07, 6.45) is 5.77. The maximum atomic E-state index is 4.40. The standard InChI is InChI=1S/C10H19NS/c1-11-5-4-10(8-11)3-2-9(6-10)7-12/h9,12H,2-8H2,1H3/t9-,10-/m1/s1. The van der Waals surface area contributed by atoms with Crippen molar-refractivity contribution >= 4 is 12.6 Å². The number of likely N-dealkylation sites (tertiary alicyclic amines) is 1. The average Bonchev–Trinajstić information content (AvgIpc) is 2.61. The molecule has 1 aliphatic carbocycles. The maximum Gasteiger partial charge on any atom is 0.00355 e. The van der Waals surface area contributed by atoms with E-state index in [1.807, 2.05) is 0 Å². The summed E-state index contributed by atoms with van der Waals surface area (Å²) in [6.45, 7) is 2.66. The van der Waals surface area contributed by atoms with Crippen molar-refractivity contribution in [3.63, 3.8) is 0 Å². The van der Waals surface area contributed by atoms with E-state index in [0.717, 1.165) is 11.7 Å². The molecule has 1 spiro atoms. The molecule has 0 aromatic rings. The van der Waals surface area contributed by atoms with E-state index in [1.54, 1.807) is 0 Å². The predicted octanol–water partition coefficient (Wildman–Crippen LogP) is 2.04. The maximum absolute atomic E-state index is 4.40. The molecule has 1 saturated carbocycles. The van der Waals surface area contributed by atoms with Crippen LogP contribution in [0.3, 0.4) is 0 Å². The highest BCUT2D eigenvalue weighted by molar-refractivity contribution is 7.80. The Morgan fingerprint density at radius 2 is 2.33 bits per heavy atom. The van der Waals surface area contributed by atoms with Crippen LogP contribution in [0.15, 0.2) is 0 Å². The van der Waals surface area contributed by atoms with Crippen LogP contribution in [0.5, 0.6) is 0 Å². The lowest BCUT2D eigenvalue weighted by atomic mass is 9.85. The molecular weight excluding hydrogens is 166 g/mol. The monoisotopic (exact) mass is 185 g/mol. The van der Waals surface area contributed by atoms with Gasteiger partial charge in [0.05, 0.1) is 0 Å². The zero-order valence-corrected chi connectivity index (χ0v) is 8.82. The SMILES string of the molecule is CN1CC[C@@]2(CC[C@@H](CS)C2)C1. The molecule has 2 aliphatic rings. The van der Waals surface area contributed by atoms with Crippen molar-refractivity contribution in [2.24, 2.45) is 11.3 Å². The first kappa shape index (κ1) is 8.89. The van der Waals surface area contributed by atoms with Crippen LogP contribution in [-0.4, -0.2) is 30.8 Å². The van der Waals surface area contributed by atoms with E-state index in [9.17, 15) is 0 Å². The van der Waals surface area contributed by atoms with Gasteiger partial charge in [0.2, 0.25) is 0 Å². The molecule has 0 N–H and O–H groups in total. The molecule has 70 valence electrons. The Hall–Kier alpha value is 0.310. The van der Waals surface area contributed by atoms with Crippen LogP contribution in [0, 0.1) is 11.3 Å². The summed E-state index contributed by atoms with van der Waals surface area (Å²) < 4.78 is 0. The Kier molecular flexibility index (Phi) is 2.39. The number of hydrogen-bond donors (Lipinski definition) is 1. The number of thiol groups is 1. The van der Waals surface area contributed by atoms with Crippen LogP contribution < -0.4 is 0 Å². The molecule has 12 heavy (non-hydrogen) atoms. The van der Waals surface area contributed by atoms with Gasteiger partial charge in [-0.2, -0.15) is 12.6 Å². The first-order chi connectivity index (χ1) is 5.74. The molecule has 2 rings (SSSR count). The first-order valence-corrected chi connectivity index (χ1v) is 5.67. The van der Waals surface area contributed by atoms with Crippen molar-refractivity contribution in [3.8, 4) is 0 Å². The minimum Gasteiger partial charge on any atom is -0.306 e. The van der Waals surface area contributed by atoms with Crippen LogP contribution in [0.2, 0.25) is 0 Å². The van der Waals surface area contributed by atoms with Gasteiger partial charge >= 0.3 is 0 Å². The Bertz CT molecular complexity index is 171. The van der Waals surface area contributed by atoms with Crippen molar-refractivity contribution in [1.29, 1.82) is 0 Å². The second-order valence-electron chi connectivity index (χ2n) is 4.78. The lowest BCUT2D eigenvalue weighted by Gasteiger charge is -2.22. The fourth-order valence-electron chi connectivity index (χ4n) is 3.01. The summed E-state index contributed by atoms with van der Waals surface area (Å²) in [6, 6.07) is 0. The van der Waals surface area contributed by atoms with Crippen LogP contribution in [0.4, 0.5) is 0 Å². The van der Waals surface area contributed by atoms with Gasteiger partial charge in [0, 0.05) is 6.54 Å². The second-order valence-corrected chi connectivity index (χ2v) is 5.14. The van der Waals surface area contributed by atoms with Gasteiger partial charge in [-0.3, -0.25) is 0 Å². The van der Waals surface area contributed by atoms with Gasteiger partial charge < -0.3 is 4.90 Å². The zero-order chi connectivity index (χ0) is 8.60. The molecule has 2 fully saturated rings. The molecule has 1 saturated heterocycles. The summed E-state index contributed by atoms with van der Waals surface area (Å²) >= 11 is 4.40. The fourth-order valence-corrected chi connectivity index (χ4v) is 3.32. The van der Waals surface area contributed by atoms with E-state index in [1.165, 1.54) is 38.8 Å². The normalized spacial score (nSPS) is 43.0. The van der Waals surface area contributed by atoms with Crippen LogP contribution in [0.1, 0.15) is 25.7 Å². The lowest BCUT2D eigenvalue weighted by Crippen LogP contribution is -2.22. The predicted molar refractivity (Wildman–Crippen MR) is 55.7 cm³/mol. The lowest BCUT2D eigenvalue weighted by molar-refractivity contribution is 0.282. The van der Waals surface area contributed by atoms with Gasteiger partial charge in [0.15, 0.2) is 0 Å². The third kappa shape index (κ3) is 1.51. The topological polar surface area (TPSA) is 3.24 Å². The molecule has 2 atom stereocenters. The summed E-state index contributed by atoms with van der Waals surface area (Å²) in [5, 5.41) is 0. The Morgan fingerprint density at radius 1 is 1.50 bits per heavy atom. The third-order valence-corrected chi connectivity index (χ3v) is 4.21. The van der Waals surface area contributed by atoms with Crippen molar-refractivity contribution in [2.45, 2.75) is 25.7 Å². The van der Waals surface area contributed by atoms with Gasteiger partial charge in [-0.25, -0.2) is 0 Å². The molecule has 2 heteroatoms. The summed E-state index contributed by atoms with van der Waals surface area (Å²) in [7, 11) is 2.25. The second kappa shape index (κ2) is 3.22.